The van der Waals surface area contributed by atoms with E-state index in [2.05, 4.69) is 0 Å². The van der Waals surface area contributed by atoms with Crippen molar-refractivity contribution in [3.8, 4) is 0 Å². The normalized spacial score (nSPS) is 22.8. The van der Waals surface area contributed by atoms with Crippen LogP contribution in [-0.2, 0) is 9.59 Å². The van der Waals surface area contributed by atoms with Gasteiger partial charge in [-0.1, -0.05) is 12.2 Å². The highest BCUT2D eigenvalue weighted by Gasteiger charge is 2.36. The van der Waals surface area contributed by atoms with E-state index in [1.165, 1.54) is 4.88 Å². The number of carboxylic acids is 1. The average molecular weight is 307 g/mol. The molecule has 0 aromatic carbocycles. The first kappa shape index (κ1) is 15.8. The first-order valence-electron chi connectivity index (χ1n) is 7.12. The van der Waals surface area contributed by atoms with Crippen LogP contribution in [0, 0.1) is 18.8 Å². The largest absolute Gasteiger partial charge is 0.481 e. The van der Waals surface area contributed by atoms with Gasteiger partial charge in [0.1, 0.15) is 0 Å². The van der Waals surface area contributed by atoms with Crippen LogP contribution in [0.2, 0.25) is 0 Å². The molecule has 1 N–H and O–H groups in total. The Hall–Kier alpha value is -1.62. The minimum Gasteiger partial charge on any atom is -0.481 e. The lowest BCUT2D eigenvalue weighted by Crippen LogP contribution is -2.40. The summed E-state index contributed by atoms with van der Waals surface area (Å²) in [6, 6.07) is 4.04. The first-order chi connectivity index (χ1) is 9.91. The molecule has 3 atom stereocenters. The number of hydrogen-bond acceptors (Lipinski definition) is 3. The van der Waals surface area contributed by atoms with Crippen LogP contribution in [0.3, 0.4) is 0 Å². The minimum atomic E-state index is -0.884. The van der Waals surface area contributed by atoms with Crippen LogP contribution in [0.25, 0.3) is 0 Å². The Morgan fingerprint density at radius 1 is 1.29 bits per heavy atom. The van der Waals surface area contributed by atoms with Gasteiger partial charge < -0.3 is 10.0 Å². The molecule has 0 bridgehead atoms. The van der Waals surface area contributed by atoms with Crippen LogP contribution in [0.4, 0.5) is 0 Å². The van der Waals surface area contributed by atoms with E-state index in [4.69, 9.17) is 0 Å². The van der Waals surface area contributed by atoms with Crippen molar-refractivity contribution in [3.05, 3.63) is 34.0 Å². The van der Waals surface area contributed by atoms with E-state index < -0.39 is 17.8 Å². The van der Waals surface area contributed by atoms with Gasteiger partial charge in [0, 0.05) is 16.8 Å². The zero-order valence-electron chi connectivity index (χ0n) is 12.6. The van der Waals surface area contributed by atoms with E-state index in [0.29, 0.717) is 12.8 Å². The molecule has 1 amide bonds. The molecule has 1 heterocycles. The highest BCUT2D eigenvalue weighted by molar-refractivity contribution is 7.12. The Morgan fingerprint density at radius 2 is 1.90 bits per heavy atom. The molecule has 5 heteroatoms. The Kier molecular flexibility index (Phi) is 4.83. The number of carbonyl (C=O) groups is 2. The first-order valence-corrected chi connectivity index (χ1v) is 7.94. The van der Waals surface area contributed by atoms with Crippen molar-refractivity contribution in [1.29, 1.82) is 0 Å². The van der Waals surface area contributed by atoms with Gasteiger partial charge in [0.05, 0.1) is 17.9 Å². The predicted octanol–water partition coefficient (Wildman–Crippen LogP) is 3.24. The van der Waals surface area contributed by atoms with Gasteiger partial charge in [-0.3, -0.25) is 9.59 Å². The molecule has 1 aliphatic carbocycles. The van der Waals surface area contributed by atoms with Crippen LogP contribution in [0.1, 0.15) is 35.6 Å². The number of carbonyl (C=O) groups excluding carboxylic acids is 1. The van der Waals surface area contributed by atoms with Crippen LogP contribution in [-0.4, -0.2) is 28.9 Å². The lowest BCUT2D eigenvalue weighted by Gasteiger charge is -2.31. The second-order valence-electron chi connectivity index (χ2n) is 5.57. The topological polar surface area (TPSA) is 57.6 Å². The molecule has 2 rings (SSSR count). The maximum absolute atomic E-state index is 12.7. The summed E-state index contributed by atoms with van der Waals surface area (Å²) in [6.45, 7) is 4.02. The second kappa shape index (κ2) is 6.43. The summed E-state index contributed by atoms with van der Waals surface area (Å²) in [5, 5.41) is 9.30. The number of carboxylic acid groups (broad SMARTS) is 1. The van der Waals surface area contributed by atoms with Gasteiger partial charge >= 0.3 is 5.97 Å². The smallest absolute Gasteiger partial charge is 0.307 e. The van der Waals surface area contributed by atoms with E-state index in [-0.39, 0.29) is 11.9 Å². The third kappa shape index (κ3) is 3.35. The van der Waals surface area contributed by atoms with Crippen LogP contribution in [0.15, 0.2) is 24.3 Å². The summed E-state index contributed by atoms with van der Waals surface area (Å²) in [7, 11) is 1.76. The zero-order chi connectivity index (χ0) is 15.6. The average Bonchev–Trinajstić information content (AvgIpc) is 2.91. The molecule has 0 saturated carbocycles. The van der Waals surface area contributed by atoms with E-state index in [0.717, 1.165) is 4.88 Å². The van der Waals surface area contributed by atoms with Crippen molar-refractivity contribution in [2.24, 2.45) is 11.8 Å². The third-order valence-corrected chi connectivity index (χ3v) is 5.34. The summed E-state index contributed by atoms with van der Waals surface area (Å²) in [6.07, 6.45) is 4.72. The summed E-state index contributed by atoms with van der Waals surface area (Å²) < 4.78 is 0. The number of allylic oxidation sites excluding steroid dienone is 2. The molecule has 1 aromatic heterocycles. The number of aryl methyl sites for hydroxylation is 1. The summed E-state index contributed by atoms with van der Waals surface area (Å²) in [5.41, 5.74) is 0. The molecular formula is C16H21NO3S. The fourth-order valence-electron chi connectivity index (χ4n) is 2.68. The maximum Gasteiger partial charge on any atom is 0.307 e. The fraction of sp³-hybridized carbons (Fsp3) is 0.500. The Balaban J connectivity index is 2.14. The molecule has 1 aliphatic rings. The summed E-state index contributed by atoms with van der Waals surface area (Å²) in [4.78, 5) is 28.0. The Bertz CT molecular complexity index is 564. The van der Waals surface area contributed by atoms with Crippen LogP contribution in [0.5, 0.6) is 0 Å². The molecule has 0 aliphatic heterocycles. The highest BCUT2D eigenvalue weighted by atomic mass is 32.1. The molecule has 0 spiro atoms. The molecule has 0 saturated heterocycles. The van der Waals surface area contributed by atoms with Gasteiger partial charge in [-0.05, 0) is 38.8 Å². The van der Waals surface area contributed by atoms with Gasteiger partial charge in [-0.15, -0.1) is 11.3 Å². The fourth-order valence-corrected chi connectivity index (χ4v) is 3.65. The van der Waals surface area contributed by atoms with E-state index in [1.807, 2.05) is 38.1 Å². The quantitative estimate of drug-likeness (QED) is 0.869. The van der Waals surface area contributed by atoms with E-state index in [9.17, 15) is 14.7 Å². The van der Waals surface area contributed by atoms with Crippen molar-refractivity contribution in [1.82, 2.24) is 4.90 Å². The molecule has 21 heavy (non-hydrogen) atoms. The monoisotopic (exact) mass is 307 g/mol. The van der Waals surface area contributed by atoms with Crippen LogP contribution < -0.4 is 0 Å². The lowest BCUT2D eigenvalue weighted by molar-refractivity contribution is -0.150. The molecule has 4 nitrogen and oxygen atoms in total. The van der Waals surface area contributed by atoms with Crippen molar-refractivity contribution in [2.45, 2.75) is 32.7 Å². The van der Waals surface area contributed by atoms with Crippen LogP contribution >= 0.6 is 11.3 Å². The Labute approximate surface area is 129 Å². The summed E-state index contributed by atoms with van der Waals surface area (Å²) >= 11 is 1.67. The summed E-state index contributed by atoms with van der Waals surface area (Å²) in [5.74, 6) is -2.03. The highest BCUT2D eigenvalue weighted by Crippen LogP contribution is 2.32. The van der Waals surface area contributed by atoms with Crippen molar-refractivity contribution in [2.75, 3.05) is 7.05 Å². The van der Waals surface area contributed by atoms with E-state index >= 15 is 0 Å². The number of thiophene rings is 1. The number of nitrogens with zero attached hydrogens (tertiary/aromatic N) is 1. The number of rotatable bonds is 4. The van der Waals surface area contributed by atoms with Crippen molar-refractivity contribution >= 4 is 23.2 Å². The molecular weight excluding hydrogens is 286 g/mol. The number of hydrogen-bond donors (Lipinski definition) is 1. The predicted molar refractivity (Wildman–Crippen MR) is 83.2 cm³/mol. The standard InChI is InChI=1S/C16H21NO3S/c1-10-8-9-14(21-10)11(2)17(3)15(18)12-6-4-5-7-13(12)16(19)20/h4-5,8-9,11-13H,6-7H2,1-3H3,(H,19,20)/t11?,12-,13+/m1/s1. The van der Waals surface area contributed by atoms with Gasteiger partial charge in [-0.2, -0.15) is 0 Å². The second-order valence-corrected chi connectivity index (χ2v) is 6.89. The molecule has 1 aromatic rings. The zero-order valence-corrected chi connectivity index (χ0v) is 13.4. The van der Waals surface area contributed by atoms with Gasteiger partial charge in [0.15, 0.2) is 0 Å². The molecule has 0 fully saturated rings. The third-order valence-electron chi connectivity index (χ3n) is 4.17. The van der Waals surface area contributed by atoms with Gasteiger partial charge in [-0.25, -0.2) is 0 Å². The maximum atomic E-state index is 12.7. The number of aliphatic carboxylic acids is 1. The van der Waals surface area contributed by atoms with E-state index in [1.54, 1.807) is 23.3 Å². The molecule has 114 valence electrons. The molecule has 1 unspecified atom stereocenters. The van der Waals surface area contributed by atoms with Gasteiger partial charge in [0.2, 0.25) is 5.91 Å². The Morgan fingerprint density at radius 3 is 2.43 bits per heavy atom. The van der Waals surface area contributed by atoms with Crippen molar-refractivity contribution in [3.63, 3.8) is 0 Å². The van der Waals surface area contributed by atoms with Crippen molar-refractivity contribution < 1.29 is 14.7 Å². The van der Waals surface area contributed by atoms with Gasteiger partial charge in [0.25, 0.3) is 0 Å². The lowest BCUT2D eigenvalue weighted by atomic mass is 9.82. The molecule has 0 radical (unpaired) electrons. The number of amides is 1. The SMILES string of the molecule is Cc1ccc(C(C)N(C)C(=O)[C@@H]2CC=CC[C@@H]2C(=O)O)s1. The minimum absolute atomic E-state index is 0.0310.